The lowest BCUT2D eigenvalue weighted by Crippen LogP contribution is -2.36. The highest BCUT2D eigenvalue weighted by atomic mass is 32.1. The maximum Gasteiger partial charge on any atom is 0.131 e. The van der Waals surface area contributed by atoms with Gasteiger partial charge in [0.25, 0.3) is 0 Å². The van der Waals surface area contributed by atoms with Crippen LogP contribution in [0.25, 0.3) is 22.3 Å². The molecule has 2 N–H and O–H groups in total. The van der Waals surface area contributed by atoms with Gasteiger partial charge in [-0.2, -0.15) is 17.7 Å². The van der Waals surface area contributed by atoms with Gasteiger partial charge in [0.05, 0.1) is 18.9 Å². The van der Waals surface area contributed by atoms with E-state index in [9.17, 15) is 0 Å². The number of morpholine rings is 1. The van der Waals surface area contributed by atoms with Gasteiger partial charge in [-0.05, 0) is 24.3 Å². The molecule has 4 heterocycles. The van der Waals surface area contributed by atoms with Crippen molar-refractivity contribution >= 4 is 35.0 Å². The minimum atomic E-state index is 0.725. The first-order chi connectivity index (χ1) is 12.9. The van der Waals surface area contributed by atoms with Crippen molar-refractivity contribution in [2.45, 2.75) is 6.42 Å². The highest BCUT2D eigenvalue weighted by Crippen LogP contribution is 2.32. The van der Waals surface area contributed by atoms with Crippen LogP contribution in [0.15, 0.2) is 30.6 Å². The first kappa shape index (κ1) is 17.1. The zero-order valence-corrected chi connectivity index (χ0v) is 15.4. The number of hydrogen-bond acceptors (Lipinski definition) is 7. The van der Waals surface area contributed by atoms with E-state index >= 15 is 0 Å². The number of nitrogens with zero attached hydrogens (tertiary/aromatic N) is 4. The normalized spacial score (nSPS) is 14.7. The maximum absolute atomic E-state index is 5.48. The van der Waals surface area contributed by atoms with Crippen LogP contribution in [0.3, 0.4) is 0 Å². The summed E-state index contributed by atoms with van der Waals surface area (Å²) in [7, 11) is 0. The van der Waals surface area contributed by atoms with Crippen LogP contribution >= 0.6 is 12.6 Å². The van der Waals surface area contributed by atoms with E-state index in [1.807, 2.05) is 18.3 Å². The molecule has 3 aromatic rings. The van der Waals surface area contributed by atoms with Crippen LogP contribution in [-0.2, 0) is 4.74 Å². The molecule has 0 unspecified atom stereocenters. The summed E-state index contributed by atoms with van der Waals surface area (Å²) in [6.07, 6.45) is 4.55. The topological polar surface area (TPSA) is 79.0 Å². The van der Waals surface area contributed by atoms with Crippen LogP contribution in [0, 0.1) is 0 Å². The molecule has 1 fully saturated rings. The van der Waals surface area contributed by atoms with Crippen LogP contribution in [0.5, 0.6) is 0 Å². The highest BCUT2D eigenvalue weighted by molar-refractivity contribution is 7.80. The molecule has 0 atom stereocenters. The molecule has 0 radical (unpaired) electrons. The second-order valence-electron chi connectivity index (χ2n) is 6.16. The number of H-pyrrole nitrogens is 1. The molecule has 1 aliphatic heterocycles. The van der Waals surface area contributed by atoms with E-state index in [-0.39, 0.29) is 0 Å². The zero-order chi connectivity index (χ0) is 17.8. The number of pyridine rings is 2. The Hall–Kier alpha value is -2.32. The number of anilines is 2. The molecule has 0 aliphatic carbocycles. The van der Waals surface area contributed by atoms with Crippen LogP contribution < -0.4 is 10.2 Å². The summed E-state index contributed by atoms with van der Waals surface area (Å²) in [5.74, 6) is 1.80. The van der Waals surface area contributed by atoms with Crippen LogP contribution in [0.4, 0.5) is 11.5 Å². The Morgan fingerprint density at radius 2 is 2.12 bits per heavy atom. The van der Waals surface area contributed by atoms with Gasteiger partial charge in [0.1, 0.15) is 17.0 Å². The third-order valence-electron chi connectivity index (χ3n) is 4.46. The molecular formula is C18H22N6OS. The average molecular weight is 370 g/mol. The molecule has 1 saturated heterocycles. The summed E-state index contributed by atoms with van der Waals surface area (Å²) >= 11 is 4.31. The largest absolute Gasteiger partial charge is 0.384 e. The minimum absolute atomic E-state index is 0.725. The van der Waals surface area contributed by atoms with Crippen LogP contribution in [-0.4, -0.2) is 58.8 Å². The summed E-state index contributed by atoms with van der Waals surface area (Å²) in [5, 5.41) is 11.7. The van der Waals surface area contributed by atoms with Gasteiger partial charge in [-0.3, -0.25) is 10.1 Å². The SMILES string of the molecule is SCCCNc1cc(N2CCOCC2)nc2c(-c3ccn[nH]3)nccc12. The van der Waals surface area contributed by atoms with Crippen molar-refractivity contribution < 1.29 is 4.74 Å². The average Bonchev–Trinajstić information content (AvgIpc) is 3.23. The molecule has 26 heavy (non-hydrogen) atoms. The number of thiol groups is 1. The van der Waals surface area contributed by atoms with Crippen molar-refractivity contribution in [3.8, 4) is 11.4 Å². The fourth-order valence-corrected chi connectivity index (χ4v) is 3.28. The molecule has 1 aliphatic rings. The first-order valence-electron chi connectivity index (χ1n) is 8.84. The summed E-state index contributed by atoms with van der Waals surface area (Å²) in [5.41, 5.74) is 3.62. The number of hydrogen-bond donors (Lipinski definition) is 3. The Morgan fingerprint density at radius 3 is 2.88 bits per heavy atom. The predicted molar refractivity (Wildman–Crippen MR) is 107 cm³/mol. The fourth-order valence-electron chi connectivity index (χ4n) is 3.13. The molecule has 8 heteroatoms. The Kier molecular flexibility index (Phi) is 5.21. The maximum atomic E-state index is 5.48. The van der Waals surface area contributed by atoms with Crippen molar-refractivity contribution in [2.75, 3.05) is 48.8 Å². The number of aromatic amines is 1. The van der Waals surface area contributed by atoms with Crippen molar-refractivity contribution in [3.63, 3.8) is 0 Å². The lowest BCUT2D eigenvalue weighted by atomic mass is 10.1. The minimum Gasteiger partial charge on any atom is -0.384 e. The summed E-state index contributed by atoms with van der Waals surface area (Å²) in [6.45, 7) is 4.00. The Bertz CT molecular complexity index is 863. The molecular weight excluding hydrogens is 348 g/mol. The van der Waals surface area contributed by atoms with Crippen LogP contribution in [0.1, 0.15) is 6.42 Å². The number of aromatic nitrogens is 4. The number of rotatable bonds is 6. The van der Waals surface area contributed by atoms with E-state index in [2.05, 4.69) is 44.1 Å². The second kappa shape index (κ2) is 7.92. The monoisotopic (exact) mass is 370 g/mol. The van der Waals surface area contributed by atoms with Gasteiger partial charge >= 0.3 is 0 Å². The summed E-state index contributed by atoms with van der Waals surface area (Å²) in [4.78, 5) is 11.8. The highest BCUT2D eigenvalue weighted by Gasteiger charge is 2.17. The van der Waals surface area contributed by atoms with E-state index in [0.29, 0.717) is 0 Å². The van der Waals surface area contributed by atoms with Gasteiger partial charge in [-0.25, -0.2) is 4.98 Å². The number of ether oxygens (including phenoxy) is 1. The lowest BCUT2D eigenvalue weighted by molar-refractivity contribution is 0.122. The second-order valence-corrected chi connectivity index (χ2v) is 6.60. The molecule has 136 valence electrons. The number of fused-ring (bicyclic) bond motifs is 1. The van der Waals surface area contributed by atoms with Gasteiger partial charge in [0, 0.05) is 49.2 Å². The van der Waals surface area contributed by atoms with Gasteiger partial charge < -0.3 is 15.0 Å². The van der Waals surface area contributed by atoms with Gasteiger partial charge in [-0.1, -0.05) is 0 Å². The summed E-state index contributed by atoms with van der Waals surface area (Å²) < 4.78 is 5.48. The van der Waals surface area contributed by atoms with Crippen LogP contribution in [0.2, 0.25) is 0 Å². The van der Waals surface area contributed by atoms with E-state index in [1.54, 1.807) is 6.20 Å². The molecule has 0 aromatic carbocycles. The Balaban J connectivity index is 1.82. The molecule has 0 bridgehead atoms. The third-order valence-corrected chi connectivity index (χ3v) is 4.77. The first-order valence-corrected chi connectivity index (χ1v) is 9.47. The van der Waals surface area contributed by atoms with Crippen molar-refractivity contribution in [2.24, 2.45) is 0 Å². The van der Waals surface area contributed by atoms with E-state index in [0.717, 1.165) is 78.8 Å². The van der Waals surface area contributed by atoms with Gasteiger partial charge in [0.2, 0.25) is 0 Å². The molecule has 7 nitrogen and oxygen atoms in total. The molecule has 3 aromatic heterocycles. The molecule has 0 amide bonds. The summed E-state index contributed by atoms with van der Waals surface area (Å²) in [6, 6.07) is 6.05. The van der Waals surface area contributed by atoms with E-state index in [1.165, 1.54) is 0 Å². The van der Waals surface area contributed by atoms with E-state index in [4.69, 9.17) is 9.72 Å². The van der Waals surface area contributed by atoms with Crippen molar-refractivity contribution in [1.82, 2.24) is 20.2 Å². The Morgan fingerprint density at radius 1 is 1.23 bits per heavy atom. The smallest absolute Gasteiger partial charge is 0.131 e. The van der Waals surface area contributed by atoms with Gasteiger partial charge in [0.15, 0.2) is 0 Å². The quantitative estimate of drug-likeness (QED) is 0.457. The molecule has 4 rings (SSSR count). The van der Waals surface area contributed by atoms with E-state index < -0.39 is 0 Å². The Labute approximate surface area is 157 Å². The third kappa shape index (κ3) is 3.47. The van der Waals surface area contributed by atoms with Gasteiger partial charge in [-0.15, -0.1) is 0 Å². The van der Waals surface area contributed by atoms with Crippen molar-refractivity contribution in [1.29, 1.82) is 0 Å². The molecule has 0 saturated carbocycles. The zero-order valence-electron chi connectivity index (χ0n) is 14.5. The lowest BCUT2D eigenvalue weighted by Gasteiger charge is -2.28. The standard InChI is InChI=1S/C18H22N6OS/c26-11-1-4-19-15-12-16(24-7-9-25-10-8-24)22-17-13(15)2-5-20-18(17)14-3-6-21-23-14/h2-3,5-6,12,26H,1,4,7-11H2,(H,19,22)(H,21,23). The predicted octanol–water partition coefficient (Wildman–Crippen LogP) is 2.59. The molecule has 0 spiro atoms. The fraction of sp³-hybridized carbons (Fsp3) is 0.389. The van der Waals surface area contributed by atoms with Crippen molar-refractivity contribution in [3.05, 3.63) is 30.6 Å². The number of nitrogens with one attached hydrogen (secondary N) is 2.